The van der Waals surface area contributed by atoms with Gasteiger partial charge in [0.25, 0.3) is 5.91 Å². The van der Waals surface area contributed by atoms with Gasteiger partial charge in [0, 0.05) is 12.1 Å². The van der Waals surface area contributed by atoms with E-state index in [0.29, 0.717) is 12.0 Å². The number of hydrogen-bond donors (Lipinski definition) is 2. The fourth-order valence-corrected chi connectivity index (χ4v) is 2.61. The molecular formula is C14H23N3O3. The van der Waals surface area contributed by atoms with Gasteiger partial charge in [-0.15, -0.1) is 0 Å². The molecule has 2 N–H and O–H groups in total. The lowest BCUT2D eigenvalue weighted by molar-refractivity contribution is -0.137. The van der Waals surface area contributed by atoms with E-state index in [9.17, 15) is 14.4 Å². The Kier molecular flexibility index (Phi) is 4.30. The van der Waals surface area contributed by atoms with Crippen molar-refractivity contribution in [3.8, 4) is 0 Å². The molecule has 0 aromatic heterocycles. The number of nitrogens with one attached hydrogen (secondary N) is 2. The number of hydrogen-bond acceptors (Lipinski definition) is 3. The van der Waals surface area contributed by atoms with Crippen LogP contribution in [0.1, 0.15) is 46.5 Å². The summed E-state index contributed by atoms with van der Waals surface area (Å²) in [5, 5.41) is 4.64. The number of carbonyl (C=O) groups is 3. The molecule has 1 aliphatic heterocycles. The molecule has 0 bridgehead atoms. The maximum absolute atomic E-state index is 12.5. The Labute approximate surface area is 119 Å². The number of urea groups is 1. The summed E-state index contributed by atoms with van der Waals surface area (Å²) in [6, 6.07) is -0.757. The topological polar surface area (TPSA) is 78.5 Å². The van der Waals surface area contributed by atoms with Crippen LogP contribution < -0.4 is 10.6 Å². The summed E-state index contributed by atoms with van der Waals surface area (Å²) in [5.74, 6) is -0.0236. The lowest BCUT2D eigenvalue weighted by Gasteiger charge is -2.33. The first-order valence-electron chi connectivity index (χ1n) is 7.36. The van der Waals surface area contributed by atoms with Gasteiger partial charge in [0.1, 0.15) is 6.04 Å². The SMILES string of the molecule is CC[C@@H](C)[C@H](C)N(C(=O)C[C@@H]1NC(=O)NC1=O)C1CC1. The van der Waals surface area contributed by atoms with Gasteiger partial charge < -0.3 is 10.2 Å². The number of nitrogens with zero attached hydrogens (tertiary/aromatic N) is 1. The van der Waals surface area contributed by atoms with Gasteiger partial charge in [0.05, 0.1) is 6.42 Å². The van der Waals surface area contributed by atoms with Crippen molar-refractivity contribution in [2.75, 3.05) is 0 Å². The second kappa shape index (κ2) is 5.81. The molecule has 2 aliphatic rings. The fraction of sp³-hybridized carbons (Fsp3) is 0.786. The normalized spacial score (nSPS) is 24.9. The standard InChI is InChI=1S/C14H23N3O3/c1-4-8(2)9(3)17(10-5-6-10)12(18)7-11-13(19)16-14(20)15-11/h8-11H,4-7H2,1-3H3,(H2,15,16,19,20)/t8-,9+,11+/m1/s1. The molecule has 0 aromatic rings. The Morgan fingerprint density at radius 3 is 2.45 bits per heavy atom. The minimum atomic E-state index is -0.722. The van der Waals surface area contributed by atoms with E-state index in [1.165, 1.54) is 0 Å². The van der Waals surface area contributed by atoms with Gasteiger partial charge in [0.15, 0.2) is 0 Å². The highest BCUT2D eigenvalue weighted by Crippen LogP contribution is 2.32. The van der Waals surface area contributed by atoms with Crippen molar-refractivity contribution in [1.29, 1.82) is 0 Å². The second-order valence-electron chi connectivity index (χ2n) is 5.88. The Hall–Kier alpha value is -1.59. The minimum absolute atomic E-state index is 0.0392. The second-order valence-corrected chi connectivity index (χ2v) is 5.88. The van der Waals surface area contributed by atoms with E-state index >= 15 is 0 Å². The molecule has 1 saturated heterocycles. The van der Waals surface area contributed by atoms with Crippen molar-refractivity contribution in [3.63, 3.8) is 0 Å². The highest BCUT2D eigenvalue weighted by atomic mass is 16.2. The summed E-state index contributed by atoms with van der Waals surface area (Å²) in [7, 11) is 0. The number of amides is 4. The predicted octanol–water partition coefficient (Wildman–Crippen LogP) is 1.01. The van der Waals surface area contributed by atoms with Gasteiger partial charge in [-0.05, 0) is 25.7 Å². The van der Waals surface area contributed by atoms with Gasteiger partial charge >= 0.3 is 6.03 Å². The first kappa shape index (κ1) is 14.8. The molecule has 1 aliphatic carbocycles. The first-order valence-corrected chi connectivity index (χ1v) is 7.36. The Morgan fingerprint density at radius 2 is 2.00 bits per heavy atom. The monoisotopic (exact) mass is 281 g/mol. The van der Waals surface area contributed by atoms with Crippen molar-refractivity contribution in [1.82, 2.24) is 15.5 Å². The molecule has 0 radical (unpaired) electrons. The van der Waals surface area contributed by atoms with Crippen LogP contribution in [0.4, 0.5) is 4.79 Å². The predicted molar refractivity (Wildman–Crippen MR) is 73.9 cm³/mol. The summed E-state index contributed by atoms with van der Waals surface area (Å²) in [6.07, 6.45) is 3.14. The van der Waals surface area contributed by atoms with E-state index < -0.39 is 18.0 Å². The summed E-state index contributed by atoms with van der Waals surface area (Å²) in [6.45, 7) is 6.32. The van der Waals surface area contributed by atoms with Crippen molar-refractivity contribution in [2.24, 2.45) is 5.92 Å². The van der Waals surface area contributed by atoms with E-state index in [1.807, 2.05) is 4.90 Å². The average molecular weight is 281 g/mol. The average Bonchev–Trinajstić information content (AvgIpc) is 3.16. The highest BCUT2D eigenvalue weighted by molar-refractivity contribution is 6.05. The lowest BCUT2D eigenvalue weighted by Crippen LogP contribution is -2.46. The highest BCUT2D eigenvalue weighted by Gasteiger charge is 2.40. The van der Waals surface area contributed by atoms with Gasteiger partial charge in [0.2, 0.25) is 5.91 Å². The molecule has 1 heterocycles. The Morgan fingerprint density at radius 1 is 1.35 bits per heavy atom. The van der Waals surface area contributed by atoms with Gasteiger partial charge in [-0.2, -0.15) is 0 Å². The maximum atomic E-state index is 12.5. The maximum Gasteiger partial charge on any atom is 0.322 e. The number of imide groups is 1. The first-order chi connectivity index (χ1) is 9.43. The van der Waals surface area contributed by atoms with E-state index in [0.717, 1.165) is 19.3 Å². The van der Waals surface area contributed by atoms with Crippen molar-refractivity contribution < 1.29 is 14.4 Å². The van der Waals surface area contributed by atoms with E-state index in [4.69, 9.17) is 0 Å². The summed E-state index contributed by atoms with van der Waals surface area (Å²) >= 11 is 0. The van der Waals surface area contributed by atoms with Gasteiger partial charge in [-0.3, -0.25) is 14.9 Å². The van der Waals surface area contributed by atoms with Crippen molar-refractivity contribution in [3.05, 3.63) is 0 Å². The molecular weight excluding hydrogens is 258 g/mol. The van der Waals surface area contributed by atoms with Crippen LogP contribution >= 0.6 is 0 Å². The molecule has 0 aromatic carbocycles. The molecule has 3 atom stereocenters. The minimum Gasteiger partial charge on any atom is -0.337 e. The Balaban J connectivity index is 2.00. The van der Waals surface area contributed by atoms with Crippen LogP contribution in [-0.4, -0.2) is 40.9 Å². The number of carbonyl (C=O) groups excluding carboxylic acids is 3. The van der Waals surface area contributed by atoms with Crippen LogP contribution in [-0.2, 0) is 9.59 Å². The zero-order valence-corrected chi connectivity index (χ0v) is 12.3. The molecule has 0 spiro atoms. The van der Waals surface area contributed by atoms with Gasteiger partial charge in [-0.25, -0.2) is 4.79 Å². The summed E-state index contributed by atoms with van der Waals surface area (Å²) in [4.78, 5) is 37.0. The quantitative estimate of drug-likeness (QED) is 0.713. The van der Waals surface area contributed by atoms with Crippen LogP contribution in [0, 0.1) is 5.92 Å². The van der Waals surface area contributed by atoms with Crippen LogP contribution in [0.15, 0.2) is 0 Å². The van der Waals surface area contributed by atoms with Crippen LogP contribution in [0.5, 0.6) is 0 Å². The van der Waals surface area contributed by atoms with E-state index in [1.54, 1.807) is 0 Å². The summed E-state index contributed by atoms with van der Waals surface area (Å²) < 4.78 is 0. The van der Waals surface area contributed by atoms with E-state index in [2.05, 4.69) is 31.4 Å². The summed E-state index contributed by atoms with van der Waals surface area (Å²) in [5.41, 5.74) is 0. The van der Waals surface area contributed by atoms with Crippen LogP contribution in [0.3, 0.4) is 0 Å². The van der Waals surface area contributed by atoms with Crippen LogP contribution in [0.2, 0.25) is 0 Å². The molecule has 2 rings (SSSR count). The van der Waals surface area contributed by atoms with Crippen LogP contribution in [0.25, 0.3) is 0 Å². The number of rotatable bonds is 6. The van der Waals surface area contributed by atoms with Gasteiger partial charge in [-0.1, -0.05) is 20.3 Å². The molecule has 4 amide bonds. The van der Waals surface area contributed by atoms with E-state index in [-0.39, 0.29) is 18.4 Å². The Bertz CT molecular complexity index is 420. The fourth-order valence-electron chi connectivity index (χ4n) is 2.61. The largest absolute Gasteiger partial charge is 0.337 e. The zero-order valence-electron chi connectivity index (χ0n) is 12.3. The third-order valence-corrected chi connectivity index (χ3v) is 4.37. The molecule has 112 valence electrons. The smallest absolute Gasteiger partial charge is 0.322 e. The lowest BCUT2D eigenvalue weighted by atomic mass is 9.98. The molecule has 1 saturated carbocycles. The third kappa shape index (κ3) is 3.11. The molecule has 20 heavy (non-hydrogen) atoms. The molecule has 6 nitrogen and oxygen atoms in total. The molecule has 0 unspecified atom stereocenters. The third-order valence-electron chi connectivity index (χ3n) is 4.37. The van der Waals surface area contributed by atoms with Crippen molar-refractivity contribution >= 4 is 17.8 Å². The molecule has 2 fully saturated rings. The van der Waals surface area contributed by atoms with Crippen molar-refractivity contribution in [2.45, 2.75) is 64.6 Å². The molecule has 6 heteroatoms. The zero-order chi connectivity index (χ0) is 14.9.